The van der Waals surface area contributed by atoms with Gasteiger partial charge in [-0.1, -0.05) is 0 Å². The fourth-order valence-electron chi connectivity index (χ4n) is 3.56. The van der Waals surface area contributed by atoms with Crippen LogP contribution in [0.3, 0.4) is 0 Å². The van der Waals surface area contributed by atoms with E-state index in [0.29, 0.717) is 12.6 Å². The van der Waals surface area contributed by atoms with E-state index in [1.807, 2.05) is 0 Å². The van der Waals surface area contributed by atoms with Crippen molar-refractivity contribution in [2.75, 3.05) is 32.7 Å². The van der Waals surface area contributed by atoms with Gasteiger partial charge in [-0.2, -0.15) is 0 Å². The van der Waals surface area contributed by atoms with E-state index in [1.165, 1.54) is 19.4 Å². The van der Waals surface area contributed by atoms with E-state index in [4.69, 9.17) is 0 Å². The van der Waals surface area contributed by atoms with Gasteiger partial charge in [-0.05, 0) is 57.1 Å². The van der Waals surface area contributed by atoms with E-state index in [9.17, 15) is 13.9 Å². The molecule has 0 aliphatic carbocycles. The Balaban J connectivity index is 1.66. The Hall–Kier alpha value is -1.04. The van der Waals surface area contributed by atoms with E-state index in [0.717, 1.165) is 44.3 Å². The van der Waals surface area contributed by atoms with Gasteiger partial charge in [0.05, 0.1) is 6.10 Å². The number of halogens is 2. The molecule has 0 amide bonds. The third kappa shape index (κ3) is 3.42. The number of hydrogen-bond acceptors (Lipinski definition) is 3. The summed E-state index contributed by atoms with van der Waals surface area (Å²) in [5.74, 6) is -1.05. The monoisotopic (exact) mass is 296 g/mol. The van der Waals surface area contributed by atoms with Gasteiger partial charge in [0, 0.05) is 24.7 Å². The number of aliphatic hydroxyl groups is 1. The van der Waals surface area contributed by atoms with Crippen molar-refractivity contribution in [1.82, 2.24) is 9.80 Å². The number of benzene rings is 1. The lowest BCUT2D eigenvalue weighted by atomic mass is 10.1. The molecule has 1 N–H and O–H groups in total. The predicted octanol–water partition coefficient (Wildman–Crippen LogP) is 2.17. The molecule has 0 aromatic heterocycles. The largest absolute Gasteiger partial charge is 0.387 e. The molecule has 2 aliphatic rings. The molecular weight excluding hydrogens is 274 g/mol. The molecule has 3 nitrogen and oxygen atoms in total. The second-order valence-electron chi connectivity index (χ2n) is 6.13. The van der Waals surface area contributed by atoms with Crippen molar-refractivity contribution < 1.29 is 13.9 Å². The predicted molar refractivity (Wildman–Crippen MR) is 77.0 cm³/mol. The first-order valence-electron chi connectivity index (χ1n) is 7.73. The summed E-state index contributed by atoms with van der Waals surface area (Å²) in [6.45, 7) is 4.45. The minimum atomic E-state index is -0.978. The molecule has 2 heterocycles. The van der Waals surface area contributed by atoms with Crippen LogP contribution < -0.4 is 0 Å². The quantitative estimate of drug-likeness (QED) is 0.926. The number of β-amino-alcohol motifs (C(OH)–C–C–N with tert-alkyl or cyclic N) is 1. The van der Waals surface area contributed by atoms with Gasteiger partial charge in [0.2, 0.25) is 0 Å². The lowest BCUT2D eigenvalue weighted by Crippen LogP contribution is -2.38. The van der Waals surface area contributed by atoms with Crippen LogP contribution in [0.25, 0.3) is 0 Å². The zero-order chi connectivity index (χ0) is 14.8. The van der Waals surface area contributed by atoms with Crippen LogP contribution in [0.2, 0.25) is 0 Å². The minimum Gasteiger partial charge on any atom is -0.387 e. The Morgan fingerprint density at radius 1 is 1.19 bits per heavy atom. The highest BCUT2D eigenvalue weighted by Crippen LogP contribution is 2.24. The molecule has 0 saturated carbocycles. The molecule has 0 bridgehead atoms. The highest BCUT2D eigenvalue weighted by atomic mass is 19.1. The van der Waals surface area contributed by atoms with E-state index in [1.54, 1.807) is 0 Å². The maximum Gasteiger partial charge on any atom is 0.129 e. The second kappa shape index (κ2) is 6.38. The van der Waals surface area contributed by atoms with Gasteiger partial charge in [0.15, 0.2) is 0 Å². The standard InChI is InChI=1S/C16H22F2N2O/c17-12-4-5-15(18)14(9-12)16(21)11-19-6-2-8-20-7-1-3-13(20)10-19/h4-5,9,13,16,21H,1-3,6-8,10-11H2/t13-,16+/m1/s1. The Morgan fingerprint density at radius 3 is 2.86 bits per heavy atom. The van der Waals surface area contributed by atoms with Gasteiger partial charge in [0.1, 0.15) is 11.6 Å². The molecule has 2 fully saturated rings. The zero-order valence-corrected chi connectivity index (χ0v) is 12.1. The van der Waals surface area contributed by atoms with E-state index >= 15 is 0 Å². The second-order valence-corrected chi connectivity index (χ2v) is 6.13. The summed E-state index contributed by atoms with van der Waals surface area (Å²) in [4.78, 5) is 4.69. The summed E-state index contributed by atoms with van der Waals surface area (Å²) in [7, 11) is 0. The van der Waals surface area contributed by atoms with Gasteiger partial charge in [-0.3, -0.25) is 9.80 Å². The molecule has 3 rings (SSSR count). The maximum absolute atomic E-state index is 13.7. The van der Waals surface area contributed by atoms with Crippen LogP contribution in [0.1, 0.15) is 30.9 Å². The smallest absolute Gasteiger partial charge is 0.129 e. The molecule has 1 aromatic rings. The summed E-state index contributed by atoms with van der Waals surface area (Å²) < 4.78 is 26.9. The fourth-order valence-corrected chi connectivity index (χ4v) is 3.56. The van der Waals surface area contributed by atoms with Crippen LogP contribution in [0.5, 0.6) is 0 Å². The first kappa shape index (κ1) is 14.9. The Morgan fingerprint density at radius 2 is 2.00 bits per heavy atom. The molecule has 2 atom stereocenters. The lowest BCUT2D eigenvalue weighted by Gasteiger charge is -2.27. The maximum atomic E-state index is 13.7. The molecule has 2 saturated heterocycles. The van der Waals surface area contributed by atoms with Crippen LogP contribution in [-0.2, 0) is 0 Å². The molecule has 1 aromatic carbocycles. The Labute approximate surface area is 124 Å². The first-order valence-corrected chi connectivity index (χ1v) is 7.73. The van der Waals surface area contributed by atoms with Crippen molar-refractivity contribution in [2.24, 2.45) is 0 Å². The van der Waals surface area contributed by atoms with E-state index in [-0.39, 0.29) is 5.56 Å². The number of nitrogens with zero attached hydrogens (tertiary/aromatic N) is 2. The van der Waals surface area contributed by atoms with Gasteiger partial charge < -0.3 is 5.11 Å². The highest BCUT2D eigenvalue weighted by molar-refractivity contribution is 5.21. The average Bonchev–Trinajstić information content (AvgIpc) is 2.80. The molecule has 2 aliphatic heterocycles. The van der Waals surface area contributed by atoms with Gasteiger partial charge in [-0.25, -0.2) is 8.78 Å². The molecule has 21 heavy (non-hydrogen) atoms. The van der Waals surface area contributed by atoms with Crippen LogP contribution in [0.15, 0.2) is 18.2 Å². The van der Waals surface area contributed by atoms with Gasteiger partial charge in [-0.15, -0.1) is 0 Å². The van der Waals surface area contributed by atoms with Crippen LogP contribution in [0, 0.1) is 11.6 Å². The lowest BCUT2D eigenvalue weighted by molar-refractivity contribution is 0.105. The first-order chi connectivity index (χ1) is 10.1. The molecule has 0 spiro atoms. The number of aliphatic hydroxyl groups excluding tert-OH is 1. The van der Waals surface area contributed by atoms with Crippen molar-refractivity contribution >= 4 is 0 Å². The summed E-state index contributed by atoms with van der Waals surface area (Å²) in [6.07, 6.45) is 2.52. The summed E-state index contributed by atoms with van der Waals surface area (Å²) in [5, 5.41) is 10.2. The fraction of sp³-hybridized carbons (Fsp3) is 0.625. The highest BCUT2D eigenvalue weighted by Gasteiger charge is 2.29. The van der Waals surface area contributed by atoms with Gasteiger partial charge >= 0.3 is 0 Å². The topological polar surface area (TPSA) is 26.7 Å². The summed E-state index contributed by atoms with van der Waals surface area (Å²) in [5.41, 5.74) is 0.0579. The van der Waals surface area contributed by atoms with Crippen molar-refractivity contribution in [3.8, 4) is 0 Å². The zero-order valence-electron chi connectivity index (χ0n) is 12.1. The van der Waals surface area contributed by atoms with Crippen molar-refractivity contribution in [1.29, 1.82) is 0 Å². The SMILES string of the molecule is O[C@@H](CN1CCCN2CCC[C@@H]2C1)c1cc(F)ccc1F. The third-order valence-electron chi connectivity index (χ3n) is 4.64. The van der Waals surface area contributed by atoms with Crippen LogP contribution >= 0.6 is 0 Å². The van der Waals surface area contributed by atoms with Crippen molar-refractivity contribution in [3.05, 3.63) is 35.4 Å². The normalized spacial score (nSPS) is 25.6. The Kier molecular flexibility index (Phi) is 4.52. The van der Waals surface area contributed by atoms with Crippen molar-refractivity contribution in [3.63, 3.8) is 0 Å². The summed E-state index contributed by atoms with van der Waals surface area (Å²) >= 11 is 0. The minimum absolute atomic E-state index is 0.0579. The third-order valence-corrected chi connectivity index (χ3v) is 4.64. The number of hydrogen-bond donors (Lipinski definition) is 1. The Bertz CT molecular complexity index is 497. The van der Waals surface area contributed by atoms with Gasteiger partial charge in [0.25, 0.3) is 0 Å². The average molecular weight is 296 g/mol. The molecule has 5 heteroatoms. The van der Waals surface area contributed by atoms with Crippen LogP contribution in [0.4, 0.5) is 8.78 Å². The number of fused-ring (bicyclic) bond motifs is 1. The van der Waals surface area contributed by atoms with Crippen LogP contribution in [-0.4, -0.2) is 53.7 Å². The molecule has 0 radical (unpaired) electrons. The number of rotatable bonds is 3. The molecule has 116 valence electrons. The van der Waals surface area contributed by atoms with E-state index < -0.39 is 17.7 Å². The molecular formula is C16H22F2N2O. The molecule has 0 unspecified atom stereocenters. The van der Waals surface area contributed by atoms with Crippen molar-refractivity contribution in [2.45, 2.75) is 31.4 Å². The summed E-state index contributed by atoms with van der Waals surface area (Å²) in [6, 6.07) is 3.81. The van der Waals surface area contributed by atoms with E-state index in [2.05, 4.69) is 9.80 Å².